The third-order valence-corrected chi connectivity index (χ3v) is 5.54. The summed E-state index contributed by atoms with van der Waals surface area (Å²) in [6.45, 7) is 3.95. The fourth-order valence-electron chi connectivity index (χ4n) is 2.80. The van der Waals surface area contributed by atoms with Crippen LogP contribution in [0.15, 0.2) is 47.9 Å². The van der Waals surface area contributed by atoms with Crippen LogP contribution in [0.3, 0.4) is 0 Å². The summed E-state index contributed by atoms with van der Waals surface area (Å²) < 4.78 is 1.76. The number of nitrogens with zero attached hydrogens (tertiary/aromatic N) is 4. The molecule has 7 heteroatoms. The van der Waals surface area contributed by atoms with E-state index in [1.54, 1.807) is 10.9 Å². The standard InChI is InChI=1S/C20H21N5OS/c1-4-20(5-2,6-3)24-17(26)13-27-19-16-12-23-25(18(16)21-14-22-19)15-10-8-7-9-11-15/h1,7-12,14H,5-6,13H2,2-3H3,(H,24,26). The van der Waals surface area contributed by atoms with E-state index < -0.39 is 5.54 Å². The molecular weight excluding hydrogens is 358 g/mol. The largest absolute Gasteiger partial charge is 0.339 e. The molecule has 1 amide bonds. The van der Waals surface area contributed by atoms with Crippen LogP contribution >= 0.6 is 11.8 Å². The van der Waals surface area contributed by atoms with Gasteiger partial charge in [0.05, 0.1) is 23.0 Å². The number of carbonyl (C=O) groups is 1. The number of benzene rings is 1. The van der Waals surface area contributed by atoms with Gasteiger partial charge in [-0.15, -0.1) is 6.42 Å². The number of rotatable bonds is 7. The van der Waals surface area contributed by atoms with Gasteiger partial charge in [0, 0.05) is 0 Å². The molecule has 0 saturated carbocycles. The summed E-state index contributed by atoms with van der Waals surface area (Å²) in [6, 6.07) is 9.77. The zero-order chi connectivity index (χ0) is 19.3. The molecule has 0 fully saturated rings. The Balaban J connectivity index is 1.78. The van der Waals surface area contributed by atoms with Gasteiger partial charge >= 0.3 is 0 Å². The maximum atomic E-state index is 12.4. The number of nitrogens with one attached hydrogen (secondary N) is 1. The highest BCUT2D eigenvalue weighted by Crippen LogP contribution is 2.26. The highest BCUT2D eigenvalue weighted by Gasteiger charge is 2.25. The van der Waals surface area contributed by atoms with Crippen LogP contribution in [0.25, 0.3) is 16.7 Å². The van der Waals surface area contributed by atoms with E-state index in [9.17, 15) is 4.79 Å². The van der Waals surface area contributed by atoms with Gasteiger partial charge in [-0.05, 0) is 25.0 Å². The Kier molecular flexibility index (Phi) is 5.77. The van der Waals surface area contributed by atoms with Crippen molar-refractivity contribution in [2.45, 2.75) is 37.3 Å². The summed E-state index contributed by atoms with van der Waals surface area (Å²) in [4.78, 5) is 21.1. The van der Waals surface area contributed by atoms with E-state index in [0.29, 0.717) is 18.5 Å². The third kappa shape index (κ3) is 3.96. The van der Waals surface area contributed by atoms with Crippen molar-refractivity contribution in [2.24, 2.45) is 0 Å². The second-order valence-electron chi connectivity index (χ2n) is 6.08. The molecule has 0 spiro atoms. The average molecular weight is 379 g/mol. The molecule has 0 aliphatic carbocycles. The number of hydrogen-bond donors (Lipinski definition) is 1. The lowest BCUT2D eigenvalue weighted by Gasteiger charge is -2.26. The minimum atomic E-state index is -0.586. The van der Waals surface area contributed by atoms with Gasteiger partial charge < -0.3 is 5.32 Å². The van der Waals surface area contributed by atoms with E-state index in [-0.39, 0.29) is 11.7 Å². The summed E-state index contributed by atoms with van der Waals surface area (Å²) in [5.74, 6) is 2.84. The molecule has 1 aromatic carbocycles. The second-order valence-corrected chi connectivity index (χ2v) is 7.04. The van der Waals surface area contributed by atoms with Crippen LogP contribution in [0.2, 0.25) is 0 Å². The Morgan fingerprint density at radius 1 is 1.26 bits per heavy atom. The SMILES string of the molecule is C#CC(CC)(CC)NC(=O)CSc1ncnc2c1cnn2-c1ccccc1. The van der Waals surface area contributed by atoms with Gasteiger partial charge in [-0.3, -0.25) is 4.79 Å². The fourth-order valence-corrected chi connectivity index (χ4v) is 3.56. The lowest BCUT2D eigenvalue weighted by Crippen LogP contribution is -2.47. The molecule has 138 valence electrons. The molecule has 1 N–H and O–H groups in total. The molecule has 0 aliphatic rings. The molecule has 6 nitrogen and oxygen atoms in total. The molecule has 0 atom stereocenters. The van der Waals surface area contributed by atoms with Crippen LogP contribution in [-0.4, -0.2) is 36.9 Å². The fraction of sp³-hybridized carbons (Fsp3) is 0.300. The number of thioether (sulfide) groups is 1. The van der Waals surface area contributed by atoms with Gasteiger partial charge in [-0.2, -0.15) is 5.10 Å². The molecule has 2 heterocycles. The van der Waals surface area contributed by atoms with Crippen molar-refractivity contribution in [2.75, 3.05) is 5.75 Å². The number of amides is 1. The van der Waals surface area contributed by atoms with Crippen LogP contribution in [0.1, 0.15) is 26.7 Å². The quantitative estimate of drug-likeness (QED) is 0.388. The third-order valence-electron chi connectivity index (χ3n) is 4.53. The predicted octanol–water partition coefficient (Wildman–Crippen LogP) is 3.22. The molecule has 27 heavy (non-hydrogen) atoms. The number of carbonyl (C=O) groups excluding carboxylic acids is 1. The van der Waals surface area contributed by atoms with Gasteiger partial charge in [-0.25, -0.2) is 14.6 Å². The van der Waals surface area contributed by atoms with Crippen LogP contribution in [-0.2, 0) is 4.79 Å². The first kappa shape index (κ1) is 18.9. The van der Waals surface area contributed by atoms with Crippen molar-refractivity contribution in [3.8, 4) is 18.0 Å². The monoisotopic (exact) mass is 379 g/mol. The van der Waals surface area contributed by atoms with Crippen molar-refractivity contribution in [3.05, 3.63) is 42.9 Å². The summed E-state index contributed by atoms with van der Waals surface area (Å²) in [6.07, 6.45) is 10.2. The first-order chi connectivity index (χ1) is 13.1. The van der Waals surface area contributed by atoms with Crippen molar-refractivity contribution < 1.29 is 4.79 Å². The molecular formula is C20H21N5OS. The second kappa shape index (κ2) is 8.23. The van der Waals surface area contributed by atoms with E-state index >= 15 is 0 Å². The van der Waals surface area contributed by atoms with Gasteiger partial charge in [0.1, 0.15) is 16.9 Å². The molecule has 0 radical (unpaired) electrons. The number of hydrogen-bond acceptors (Lipinski definition) is 5. The summed E-state index contributed by atoms with van der Waals surface area (Å²) in [5, 5.41) is 8.93. The predicted molar refractivity (Wildman–Crippen MR) is 108 cm³/mol. The Labute approximate surface area is 162 Å². The van der Waals surface area contributed by atoms with E-state index in [4.69, 9.17) is 6.42 Å². The molecule has 0 unspecified atom stereocenters. The van der Waals surface area contributed by atoms with Crippen LogP contribution in [0, 0.1) is 12.3 Å². The van der Waals surface area contributed by atoms with Crippen LogP contribution < -0.4 is 5.32 Å². The Morgan fingerprint density at radius 3 is 2.67 bits per heavy atom. The van der Waals surface area contributed by atoms with Crippen molar-refractivity contribution in [3.63, 3.8) is 0 Å². The van der Waals surface area contributed by atoms with E-state index in [1.165, 1.54) is 18.1 Å². The normalized spacial score (nSPS) is 11.3. The molecule has 3 aromatic rings. The van der Waals surface area contributed by atoms with Gasteiger partial charge in [0.15, 0.2) is 5.65 Å². The summed E-state index contributed by atoms with van der Waals surface area (Å²) in [5.41, 5.74) is 1.04. The van der Waals surface area contributed by atoms with E-state index in [2.05, 4.69) is 26.3 Å². The van der Waals surface area contributed by atoms with Gasteiger partial charge in [0.2, 0.25) is 5.91 Å². The maximum Gasteiger partial charge on any atom is 0.231 e. The molecule has 0 saturated heterocycles. The van der Waals surface area contributed by atoms with Gasteiger partial charge in [0.25, 0.3) is 0 Å². The lowest BCUT2D eigenvalue weighted by molar-refractivity contribution is -0.119. The van der Waals surface area contributed by atoms with E-state index in [0.717, 1.165) is 16.1 Å². The molecule has 0 bridgehead atoms. The summed E-state index contributed by atoms with van der Waals surface area (Å²) >= 11 is 1.35. The molecule has 3 rings (SSSR count). The number of aromatic nitrogens is 4. The van der Waals surface area contributed by atoms with E-state index in [1.807, 2.05) is 44.2 Å². The smallest absolute Gasteiger partial charge is 0.231 e. The first-order valence-electron chi connectivity index (χ1n) is 8.78. The maximum absolute atomic E-state index is 12.4. The minimum Gasteiger partial charge on any atom is -0.339 e. The first-order valence-corrected chi connectivity index (χ1v) is 9.76. The Hall–Kier alpha value is -2.85. The molecule has 2 aromatic heterocycles. The summed E-state index contributed by atoms with van der Waals surface area (Å²) in [7, 11) is 0. The van der Waals surface area contributed by atoms with Crippen molar-refractivity contribution >= 4 is 28.7 Å². The minimum absolute atomic E-state index is 0.108. The lowest BCUT2D eigenvalue weighted by atomic mass is 9.94. The Morgan fingerprint density at radius 2 is 2.00 bits per heavy atom. The Bertz CT molecular complexity index is 973. The van der Waals surface area contributed by atoms with Crippen molar-refractivity contribution in [1.82, 2.24) is 25.1 Å². The average Bonchev–Trinajstić information content (AvgIpc) is 3.16. The van der Waals surface area contributed by atoms with Crippen LogP contribution in [0.5, 0.6) is 0 Å². The topological polar surface area (TPSA) is 72.7 Å². The van der Waals surface area contributed by atoms with Crippen LogP contribution in [0.4, 0.5) is 0 Å². The zero-order valence-electron chi connectivity index (χ0n) is 15.3. The highest BCUT2D eigenvalue weighted by atomic mass is 32.2. The highest BCUT2D eigenvalue weighted by molar-refractivity contribution is 8.00. The number of para-hydroxylation sites is 1. The van der Waals surface area contributed by atoms with Crippen molar-refractivity contribution in [1.29, 1.82) is 0 Å². The zero-order valence-corrected chi connectivity index (χ0v) is 16.2. The van der Waals surface area contributed by atoms with Gasteiger partial charge in [-0.1, -0.05) is 49.7 Å². The molecule has 0 aliphatic heterocycles. The number of terminal acetylenes is 1. The number of fused-ring (bicyclic) bond motifs is 1.